The minimum atomic E-state index is -0.394. The smallest absolute Gasteiger partial charge is 0.261 e. The zero-order valence-electron chi connectivity index (χ0n) is 15.1. The van der Waals surface area contributed by atoms with Crippen molar-refractivity contribution < 1.29 is 14.3 Å². The van der Waals surface area contributed by atoms with Gasteiger partial charge in [0, 0.05) is 21.8 Å². The van der Waals surface area contributed by atoms with Crippen LogP contribution in [0.3, 0.4) is 0 Å². The number of carbonyl (C=O) groups is 2. The number of carbonyl (C=O) groups excluding carboxylic acids is 2. The number of thiocarbonyl (C=S) groups is 1. The summed E-state index contributed by atoms with van der Waals surface area (Å²) in [7, 11) is 1.49. The van der Waals surface area contributed by atoms with Crippen LogP contribution in [-0.4, -0.2) is 24.0 Å². The van der Waals surface area contributed by atoms with E-state index >= 15 is 0 Å². The van der Waals surface area contributed by atoms with Gasteiger partial charge in [0.2, 0.25) is 5.91 Å². The van der Waals surface area contributed by atoms with E-state index in [-0.39, 0.29) is 16.9 Å². The fourth-order valence-corrected chi connectivity index (χ4v) is 2.72. The molecular weight excluding hydrogens is 430 g/mol. The van der Waals surface area contributed by atoms with Gasteiger partial charge in [-0.05, 0) is 48.6 Å². The number of methoxy groups -OCH3 is 1. The van der Waals surface area contributed by atoms with Gasteiger partial charge in [-0.15, -0.1) is 0 Å². The Bertz CT molecular complexity index is 871. The summed E-state index contributed by atoms with van der Waals surface area (Å²) in [6.07, 6.45) is 0. The fourth-order valence-electron chi connectivity index (χ4n) is 2.15. The summed E-state index contributed by atoms with van der Waals surface area (Å²) in [5.74, 6) is -0.154. The standard InChI is InChI=1S/C19H20BrN3O3S/c1-11(2)17(24)21-13-5-4-6-14(10-13)22-19(27)23-18(25)15-9-12(20)7-8-16(15)26-3/h4-11H,1-3H3,(H,21,24)(H2,22,23,25,27). The summed E-state index contributed by atoms with van der Waals surface area (Å²) >= 11 is 8.55. The van der Waals surface area contributed by atoms with Crippen molar-refractivity contribution >= 4 is 56.4 Å². The number of amides is 2. The molecule has 0 radical (unpaired) electrons. The van der Waals surface area contributed by atoms with Crippen molar-refractivity contribution in [2.45, 2.75) is 13.8 Å². The van der Waals surface area contributed by atoms with E-state index in [1.807, 2.05) is 13.8 Å². The zero-order valence-corrected chi connectivity index (χ0v) is 17.5. The number of ether oxygens (including phenoxy) is 1. The molecule has 0 aliphatic heterocycles. The molecular formula is C19H20BrN3O3S. The van der Waals surface area contributed by atoms with Gasteiger partial charge in [-0.1, -0.05) is 35.8 Å². The number of rotatable bonds is 5. The van der Waals surface area contributed by atoms with Crippen LogP contribution in [0.15, 0.2) is 46.9 Å². The molecule has 2 aromatic rings. The predicted molar refractivity (Wildman–Crippen MR) is 114 cm³/mol. The number of nitrogens with one attached hydrogen (secondary N) is 3. The first-order valence-corrected chi connectivity index (χ1v) is 9.37. The number of hydrogen-bond donors (Lipinski definition) is 3. The van der Waals surface area contributed by atoms with E-state index in [4.69, 9.17) is 17.0 Å². The van der Waals surface area contributed by atoms with Crippen LogP contribution in [0, 0.1) is 5.92 Å². The van der Waals surface area contributed by atoms with E-state index < -0.39 is 5.91 Å². The Morgan fingerprint density at radius 1 is 1.07 bits per heavy atom. The third-order valence-electron chi connectivity index (χ3n) is 3.55. The lowest BCUT2D eigenvalue weighted by Gasteiger charge is -2.13. The topological polar surface area (TPSA) is 79.5 Å². The summed E-state index contributed by atoms with van der Waals surface area (Å²) in [6, 6.07) is 12.2. The van der Waals surface area contributed by atoms with Crippen molar-refractivity contribution in [3.8, 4) is 5.75 Å². The van der Waals surface area contributed by atoms with Crippen molar-refractivity contribution in [3.63, 3.8) is 0 Å². The van der Waals surface area contributed by atoms with Gasteiger partial charge in [-0.2, -0.15) is 0 Å². The van der Waals surface area contributed by atoms with Gasteiger partial charge < -0.3 is 15.4 Å². The molecule has 2 amide bonds. The molecule has 6 nitrogen and oxygen atoms in total. The molecule has 0 saturated carbocycles. The average molecular weight is 450 g/mol. The number of benzene rings is 2. The first-order valence-electron chi connectivity index (χ1n) is 8.17. The van der Waals surface area contributed by atoms with Gasteiger partial charge in [0.15, 0.2) is 5.11 Å². The maximum absolute atomic E-state index is 12.5. The molecule has 0 aliphatic rings. The third-order valence-corrected chi connectivity index (χ3v) is 4.24. The van der Waals surface area contributed by atoms with Crippen molar-refractivity contribution in [2.24, 2.45) is 5.92 Å². The van der Waals surface area contributed by atoms with Crippen LogP contribution in [0.5, 0.6) is 5.75 Å². The first-order chi connectivity index (χ1) is 12.8. The van der Waals surface area contributed by atoms with E-state index in [1.54, 1.807) is 42.5 Å². The normalized spacial score (nSPS) is 10.3. The van der Waals surface area contributed by atoms with Crippen molar-refractivity contribution in [2.75, 3.05) is 17.7 Å². The Kier molecular flexibility index (Phi) is 7.32. The largest absolute Gasteiger partial charge is 0.496 e. The van der Waals surface area contributed by atoms with Crippen LogP contribution in [0.1, 0.15) is 24.2 Å². The first kappa shape index (κ1) is 20.9. The quantitative estimate of drug-likeness (QED) is 0.596. The zero-order chi connectivity index (χ0) is 20.0. The van der Waals surface area contributed by atoms with Crippen molar-refractivity contribution in [3.05, 3.63) is 52.5 Å². The van der Waals surface area contributed by atoms with Gasteiger partial charge in [0.05, 0.1) is 12.7 Å². The van der Waals surface area contributed by atoms with Crippen LogP contribution in [-0.2, 0) is 4.79 Å². The molecule has 0 fully saturated rings. The lowest BCUT2D eigenvalue weighted by Crippen LogP contribution is -2.34. The molecule has 0 atom stereocenters. The highest BCUT2D eigenvalue weighted by Crippen LogP contribution is 2.23. The Morgan fingerprint density at radius 2 is 1.74 bits per heavy atom. The SMILES string of the molecule is COc1ccc(Br)cc1C(=O)NC(=S)Nc1cccc(NC(=O)C(C)C)c1. The number of halogens is 1. The molecule has 2 aromatic carbocycles. The highest BCUT2D eigenvalue weighted by molar-refractivity contribution is 9.10. The summed E-state index contributed by atoms with van der Waals surface area (Å²) in [6.45, 7) is 3.64. The van der Waals surface area contributed by atoms with Crippen LogP contribution in [0.4, 0.5) is 11.4 Å². The molecule has 2 rings (SSSR count). The molecule has 3 N–H and O–H groups in total. The lowest BCUT2D eigenvalue weighted by atomic mass is 10.2. The molecule has 8 heteroatoms. The minimum absolute atomic E-state index is 0.0789. The second kappa shape index (κ2) is 9.48. The summed E-state index contributed by atoms with van der Waals surface area (Å²) < 4.78 is 5.96. The van der Waals surface area contributed by atoms with Gasteiger partial charge in [0.1, 0.15) is 5.75 Å². The van der Waals surface area contributed by atoms with E-state index in [2.05, 4.69) is 31.9 Å². The summed E-state index contributed by atoms with van der Waals surface area (Å²) in [4.78, 5) is 24.3. The molecule has 0 heterocycles. The van der Waals surface area contributed by atoms with E-state index in [0.29, 0.717) is 22.7 Å². The maximum Gasteiger partial charge on any atom is 0.261 e. The molecule has 27 heavy (non-hydrogen) atoms. The van der Waals surface area contributed by atoms with Crippen LogP contribution in [0.2, 0.25) is 0 Å². The molecule has 0 spiro atoms. The van der Waals surface area contributed by atoms with Crippen LogP contribution >= 0.6 is 28.1 Å². The highest BCUT2D eigenvalue weighted by Gasteiger charge is 2.14. The fraction of sp³-hybridized carbons (Fsp3) is 0.211. The van der Waals surface area contributed by atoms with Gasteiger partial charge in [-0.25, -0.2) is 0 Å². The van der Waals surface area contributed by atoms with E-state index in [0.717, 1.165) is 4.47 Å². The van der Waals surface area contributed by atoms with E-state index in [9.17, 15) is 9.59 Å². The maximum atomic E-state index is 12.5. The lowest BCUT2D eigenvalue weighted by molar-refractivity contribution is -0.118. The van der Waals surface area contributed by atoms with Crippen molar-refractivity contribution in [1.82, 2.24) is 5.32 Å². The van der Waals surface area contributed by atoms with E-state index in [1.165, 1.54) is 7.11 Å². The monoisotopic (exact) mass is 449 g/mol. The average Bonchev–Trinajstić information content (AvgIpc) is 2.61. The third kappa shape index (κ3) is 6.04. The summed E-state index contributed by atoms with van der Waals surface area (Å²) in [5, 5.41) is 8.50. The van der Waals surface area contributed by atoms with Crippen LogP contribution < -0.4 is 20.7 Å². The second-order valence-electron chi connectivity index (χ2n) is 5.98. The Hall–Kier alpha value is -2.45. The highest BCUT2D eigenvalue weighted by atomic mass is 79.9. The number of anilines is 2. The van der Waals surface area contributed by atoms with Gasteiger partial charge in [-0.3, -0.25) is 14.9 Å². The Morgan fingerprint density at radius 3 is 2.37 bits per heavy atom. The molecule has 0 saturated heterocycles. The predicted octanol–water partition coefficient (Wildman–Crippen LogP) is 4.18. The Labute approximate surface area is 171 Å². The second-order valence-corrected chi connectivity index (χ2v) is 7.30. The Balaban J connectivity index is 2.05. The van der Waals surface area contributed by atoms with Gasteiger partial charge in [0.25, 0.3) is 5.91 Å². The molecule has 0 bridgehead atoms. The molecule has 0 aliphatic carbocycles. The minimum Gasteiger partial charge on any atom is -0.496 e. The van der Waals surface area contributed by atoms with Gasteiger partial charge >= 0.3 is 0 Å². The summed E-state index contributed by atoms with van der Waals surface area (Å²) in [5.41, 5.74) is 1.64. The molecule has 0 unspecified atom stereocenters. The van der Waals surface area contributed by atoms with Crippen molar-refractivity contribution in [1.29, 1.82) is 0 Å². The number of hydrogen-bond acceptors (Lipinski definition) is 4. The molecule has 142 valence electrons. The van der Waals surface area contributed by atoms with Crippen LogP contribution in [0.25, 0.3) is 0 Å². The molecule has 0 aromatic heterocycles.